The lowest BCUT2D eigenvalue weighted by molar-refractivity contribution is 0.415. The average molecular weight is 414 g/mol. The lowest BCUT2D eigenvalue weighted by Gasteiger charge is -2.18. The van der Waals surface area contributed by atoms with Gasteiger partial charge in [-0.15, -0.1) is 0 Å². The molecule has 1 nitrogen and oxygen atoms in total. The first-order chi connectivity index (χ1) is 15.1. The summed E-state index contributed by atoms with van der Waals surface area (Å²) in [6.07, 6.45) is 0. The van der Waals surface area contributed by atoms with E-state index in [1.807, 2.05) is 48.5 Å². The van der Waals surface area contributed by atoms with Crippen molar-refractivity contribution in [2.24, 2.45) is 0 Å². The van der Waals surface area contributed by atoms with Gasteiger partial charge >= 0.3 is 0 Å². The van der Waals surface area contributed by atoms with Crippen LogP contribution in [0.1, 0.15) is 0 Å². The molecule has 0 saturated carbocycles. The summed E-state index contributed by atoms with van der Waals surface area (Å²) in [6, 6.07) is 23.7. The summed E-state index contributed by atoms with van der Waals surface area (Å²) >= 11 is 0. The molecule has 0 aromatic heterocycles. The first-order valence-corrected chi connectivity index (χ1v) is 9.80. The van der Waals surface area contributed by atoms with Crippen molar-refractivity contribution in [3.63, 3.8) is 0 Å². The highest BCUT2D eigenvalue weighted by molar-refractivity contribution is 6.21. The van der Waals surface area contributed by atoms with E-state index >= 15 is 0 Å². The zero-order valence-corrected chi connectivity index (χ0v) is 16.6. The minimum Gasteiger partial charge on any atom is -0.497 e. The third-order valence-electron chi connectivity index (χ3n) is 5.57. The SMILES string of the molecule is COc1ccc(-c2c3ccccc3c(-c3ccc(F)c(F)c3)c3ccc(F)cc23)cc1. The molecule has 4 heteroatoms. The van der Waals surface area contributed by atoms with E-state index in [1.54, 1.807) is 19.2 Å². The van der Waals surface area contributed by atoms with Crippen LogP contribution in [0.15, 0.2) is 84.9 Å². The van der Waals surface area contributed by atoms with Gasteiger partial charge in [-0.2, -0.15) is 0 Å². The fraction of sp³-hybridized carbons (Fsp3) is 0.0370. The van der Waals surface area contributed by atoms with Crippen LogP contribution in [0.4, 0.5) is 13.2 Å². The van der Waals surface area contributed by atoms with Crippen molar-refractivity contribution in [3.05, 3.63) is 102 Å². The van der Waals surface area contributed by atoms with Gasteiger partial charge in [0.15, 0.2) is 11.6 Å². The molecule has 5 aromatic carbocycles. The molecule has 0 fully saturated rings. The Balaban J connectivity index is 1.94. The second-order valence-corrected chi connectivity index (χ2v) is 7.34. The number of ether oxygens (including phenoxy) is 1. The Morgan fingerprint density at radius 1 is 0.548 bits per heavy atom. The second-order valence-electron chi connectivity index (χ2n) is 7.34. The van der Waals surface area contributed by atoms with Crippen molar-refractivity contribution in [3.8, 4) is 28.0 Å². The zero-order valence-electron chi connectivity index (χ0n) is 16.6. The van der Waals surface area contributed by atoms with E-state index in [0.29, 0.717) is 10.9 Å². The highest BCUT2D eigenvalue weighted by atomic mass is 19.2. The molecule has 0 atom stereocenters. The van der Waals surface area contributed by atoms with Crippen molar-refractivity contribution < 1.29 is 17.9 Å². The van der Waals surface area contributed by atoms with Gasteiger partial charge in [-0.1, -0.05) is 48.5 Å². The van der Waals surface area contributed by atoms with E-state index in [4.69, 9.17) is 4.74 Å². The fourth-order valence-electron chi connectivity index (χ4n) is 4.18. The molecule has 152 valence electrons. The third-order valence-corrected chi connectivity index (χ3v) is 5.57. The molecule has 0 radical (unpaired) electrons. The van der Waals surface area contributed by atoms with Crippen LogP contribution in [0.25, 0.3) is 43.8 Å². The van der Waals surface area contributed by atoms with Gasteiger partial charge in [0.05, 0.1) is 7.11 Å². The van der Waals surface area contributed by atoms with Gasteiger partial charge in [-0.3, -0.25) is 0 Å². The van der Waals surface area contributed by atoms with E-state index in [9.17, 15) is 13.2 Å². The second kappa shape index (κ2) is 7.47. The number of rotatable bonds is 3. The molecular weight excluding hydrogens is 397 g/mol. The first-order valence-electron chi connectivity index (χ1n) is 9.80. The Morgan fingerprint density at radius 2 is 1.16 bits per heavy atom. The maximum atomic E-state index is 14.4. The number of methoxy groups -OCH3 is 1. The smallest absolute Gasteiger partial charge is 0.159 e. The molecule has 0 unspecified atom stereocenters. The number of hydrogen-bond donors (Lipinski definition) is 0. The molecule has 0 spiro atoms. The number of fused-ring (bicyclic) bond motifs is 2. The van der Waals surface area contributed by atoms with Crippen molar-refractivity contribution in [1.82, 2.24) is 0 Å². The summed E-state index contributed by atoms with van der Waals surface area (Å²) in [5.74, 6) is -1.47. The minimum atomic E-state index is -0.920. The first kappa shape index (κ1) is 19.2. The Morgan fingerprint density at radius 3 is 1.81 bits per heavy atom. The highest BCUT2D eigenvalue weighted by Gasteiger charge is 2.18. The van der Waals surface area contributed by atoms with Crippen LogP contribution in [0.5, 0.6) is 5.75 Å². The summed E-state index contributed by atoms with van der Waals surface area (Å²) in [5.41, 5.74) is 3.05. The number of hydrogen-bond acceptors (Lipinski definition) is 1. The van der Waals surface area contributed by atoms with Crippen LogP contribution in [-0.2, 0) is 0 Å². The van der Waals surface area contributed by atoms with Gasteiger partial charge in [0.2, 0.25) is 0 Å². The predicted molar refractivity (Wildman–Crippen MR) is 119 cm³/mol. The highest BCUT2D eigenvalue weighted by Crippen LogP contribution is 2.44. The number of halogens is 3. The lowest BCUT2D eigenvalue weighted by atomic mass is 9.86. The molecule has 0 N–H and O–H groups in total. The van der Waals surface area contributed by atoms with E-state index in [0.717, 1.165) is 44.7 Å². The summed E-state index contributed by atoms with van der Waals surface area (Å²) in [7, 11) is 1.60. The summed E-state index contributed by atoms with van der Waals surface area (Å²) in [5, 5.41) is 3.23. The maximum Gasteiger partial charge on any atom is 0.159 e. The van der Waals surface area contributed by atoms with Gasteiger partial charge < -0.3 is 4.74 Å². The normalized spacial score (nSPS) is 11.2. The molecule has 0 amide bonds. The molecule has 31 heavy (non-hydrogen) atoms. The van der Waals surface area contributed by atoms with Crippen molar-refractivity contribution in [1.29, 1.82) is 0 Å². The zero-order chi connectivity index (χ0) is 21.5. The number of benzene rings is 5. The average Bonchev–Trinajstić information content (AvgIpc) is 2.79. The monoisotopic (exact) mass is 414 g/mol. The summed E-state index contributed by atoms with van der Waals surface area (Å²) < 4.78 is 47.3. The molecule has 0 aliphatic rings. The molecule has 0 saturated heterocycles. The predicted octanol–water partition coefficient (Wildman–Crippen LogP) is 7.75. The topological polar surface area (TPSA) is 9.23 Å². The van der Waals surface area contributed by atoms with Gasteiger partial charge in [0.25, 0.3) is 0 Å². The molecule has 5 rings (SSSR count). The molecule has 0 aliphatic heterocycles. The van der Waals surface area contributed by atoms with Gasteiger partial charge in [-0.25, -0.2) is 13.2 Å². The van der Waals surface area contributed by atoms with Crippen molar-refractivity contribution in [2.75, 3.05) is 7.11 Å². The Labute approximate surface area is 177 Å². The fourth-order valence-corrected chi connectivity index (χ4v) is 4.18. The standard InChI is InChI=1S/C27H17F3O/c1-31-19-10-6-16(7-11-19)26-20-4-2-3-5-21(20)27(17-8-13-24(29)25(30)14-17)22-12-9-18(28)15-23(22)26/h2-15H,1H3. The van der Waals surface area contributed by atoms with Crippen LogP contribution < -0.4 is 4.74 Å². The van der Waals surface area contributed by atoms with Crippen molar-refractivity contribution in [2.45, 2.75) is 0 Å². The minimum absolute atomic E-state index is 0.367. The maximum absolute atomic E-state index is 14.4. The largest absolute Gasteiger partial charge is 0.497 e. The summed E-state index contributed by atoms with van der Waals surface area (Å²) in [4.78, 5) is 0. The Bertz CT molecular complexity index is 1440. The molecule has 0 heterocycles. The summed E-state index contributed by atoms with van der Waals surface area (Å²) in [6.45, 7) is 0. The van der Waals surface area contributed by atoms with Crippen LogP contribution in [0, 0.1) is 17.5 Å². The van der Waals surface area contributed by atoms with Crippen LogP contribution in [-0.4, -0.2) is 7.11 Å². The van der Waals surface area contributed by atoms with E-state index in [2.05, 4.69) is 0 Å². The molecular formula is C27H17F3O. The van der Waals surface area contributed by atoms with Crippen LogP contribution in [0.3, 0.4) is 0 Å². The quantitative estimate of drug-likeness (QED) is 0.274. The Hall–Kier alpha value is -3.79. The molecule has 0 aliphatic carbocycles. The van der Waals surface area contributed by atoms with Gasteiger partial charge in [-0.05, 0) is 80.2 Å². The van der Waals surface area contributed by atoms with Gasteiger partial charge in [0, 0.05) is 0 Å². The van der Waals surface area contributed by atoms with Crippen LogP contribution in [0.2, 0.25) is 0 Å². The van der Waals surface area contributed by atoms with Gasteiger partial charge in [0.1, 0.15) is 11.6 Å². The third kappa shape index (κ3) is 3.21. The van der Waals surface area contributed by atoms with Crippen molar-refractivity contribution >= 4 is 21.5 Å². The van der Waals surface area contributed by atoms with Crippen LogP contribution >= 0.6 is 0 Å². The van der Waals surface area contributed by atoms with E-state index in [-0.39, 0.29) is 5.82 Å². The van der Waals surface area contributed by atoms with E-state index in [1.165, 1.54) is 18.2 Å². The molecule has 0 bridgehead atoms. The van der Waals surface area contributed by atoms with E-state index < -0.39 is 11.6 Å². The lowest BCUT2D eigenvalue weighted by Crippen LogP contribution is -1.93. The molecule has 5 aromatic rings. The Kier molecular flexibility index (Phi) is 4.63.